The van der Waals surface area contributed by atoms with Crippen molar-refractivity contribution in [1.29, 1.82) is 5.26 Å². The van der Waals surface area contributed by atoms with Gasteiger partial charge < -0.3 is 5.32 Å². The highest BCUT2D eigenvalue weighted by Gasteiger charge is 2.39. The Morgan fingerprint density at radius 1 is 1.26 bits per heavy atom. The molecule has 3 aliphatic rings. The Kier molecular flexibility index (Phi) is 3.80. The van der Waals surface area contributed by atoms with Crippen molar-refractivity contribution in [2.45, 2.75) is 31.8 Å². The third-order valence-corrected chi connectivity index (χ3v) is 6.30. The van der Waals surface area contributed by atoms with E-state index in [9.17, 15) is 0 Å². The van der Waals surface area contributed by atoms with Gasteiger partial charge in [0.05, 0.1) is 0 Å². The molecule has 5 heterocycles. The van der Waals surface area contributed by atoms with Crippen LogP contribution in [-0.4, -0.2) is 35.1 Å². The van der Waals surface area contributed by atoms with Gasteiger partial charge in [0, 0.05) is 28.7 Å². The number of hydrogen-bond acceptors (Lipinski definition) is 5. The van der Waals surface area contributed by atoms with Crippen molar-refractivity contribution in [2.75, 3.05) is 18.4 Å². The van der Waals surface area contributed by atoms with E-state index in [2.05, 4.69) is 40.3 Å². The van der Waals surface area contributed by atoms with Crippen LogP contribution in [0.1, 0.15) is 24.6 Å². The SMILES string of the molecule is CC1C(Nc2ccc(-c3ccc(C#N)s3)cn2)C2CCN1CC2. The van der Waals surface area contributed by atoms with E-state index in [1.807, 2.05) is 18.3 Å². The molecule has 0 aromatic carbocycles. The van der Waals surface area contributed by atoms with Crippen LogP contribution in [-0.2, 0) is 0 Å². The number of anilines is 1. The zero-order chi connectivity index (χ0) is 15.8. The predicted octanol–water partition coefficient (Wildman–Crippen LogP) is 3.58. The number of piperidine rings is 3. The number of aromatic nitrogens is 1. The minimum atomic E-state index is 0.503. The molecule has 2 aromatic heterocycles. The second kappa shape index (κ2) is 5.95. The number of nitrogens with one attached hydrogen (secondary N) is 1. The molecule has 3 aliphatic heterocycles. The average molecular weight is 324 g/mol. The molecule has 2 atom stereocenters. The molecule has 0 amide bonds. The van der Waals surface area contributed by atoms with Gasteiger partial charge in [0.2, 0.25) is 0 Å². The Morgan fingerprint density at radius 3 is 2.70 bits per heavy atom. The van der Waals surface area contributed by atoms with Gasteiger partial charge >= 0.3 is 0 Å². The Bertz CT molecular complexity index is 720. The van der Waals surface area contributed by atoms with Crippen LogP contribution in [0.2, 0.25) is 0 Å². The average Bonchev–Trinajstić information content (AvgIpc) is 3.08. The van der Waals surface area contributed by atoms with Crippen molar-refractivity contribution in [3.05, 3.63) is 35.3 Å². The maximum Gasteiger partial charge on any atom is 0.126 e. The highest BCUT2D eigenvalue weighted by Crippen LogP contribution is 2.34. The minimum absolute atomic E-state index is 0.503. The van der Waals surface area contributed by atoms with Crippen LogP contribution in [0.4, 0.5) is 5.82 Å². The van der Waals surface area contributed by atoms with E-state index in [1.54, 1.807) is 0 Å². The Hall–Kier alpha value is -1.90. The quantitative estimate of drug-likeness (QED) is 0.937. The fourth-order valence-corrected chi connectivity index (χ4v) is 4.69. The van der Waals surface area contributed by atoms with E-state index < -0.39 is 0 Å². The zero-order valence-corrected chi connectivity index (χ0v) is 14.0. The highest BCUT2D eigenvalue weighted by molar-refractivity contribution is 7.16. The normalized spacial score (nSPS) is 29.2. The molecule has 2 bridgehead atoms. The lowest BCUT2D eigenvalue weighted by atomic mass is 9.79. The van der Waals surface area contributed by atoms with Gasteiger partial charge in [-0.25, -0.2) is 4.98 Å². The smallest absolute Gasteiger partial charge is 0.126 e. The first-order chi connectivity index (χ1) is 11.2. The summed E-state index contributed by atoms with van der Waals surface area (Å²) in [6.07, 6.45) is 4.50. The second-order valence-electron chi connectivity index (χ2n) is 6.49. The fourth-order valence-electron chi connectivity index (χ4n) is 3.89. The van der Waals surface area contributed by atoms with E-state index in [-0.39, 0.29) is 0 Å². The fraction of sp³-hybridized carbons (Fsp3) is 0.444. The van der Waals surface area contributed by atoms with Crippen molar-refractivity contribution in [3.8, 4) is 16.5 Å². The zero-order valence-electron chi connectivity index (χ0n) is 13.2. The molecule has 5 rings (SSSR count). The summed E-state index contributed by atoms with van der Waals surface area (Å²) in [6, 6.07) is 11.3. The maximum absolute atomic E-state index is 8.93. The van der Waals surface area contributed by atoms with Crippen molar-refractivity contribution >= 4 is 17.2 Å². The predicted molar refractivity (Wildman–Crippen MR) is 93.4 cm³/mol. The van der Waals surface area contributed by atoms with Crippen molar-refractivity contribution in [2.24, 2.45) is 5.92 Å². The van der Waals surface area contributed by atoms with Gasteiger partial charge in [-0.1, -0.05) is 0 Å². The molecule has 3 fully saturated rings. The molecule has 1 N–H and O–H groups in total. The van der Waals surface area contributed by atoms with E-state index in [1.165, 1.54) is 37.3 Å². The van der Waals surface area contributed by atoms with Crippen LogP contribution in [0.5, 0.6) is 0 Å². The van der Waals surface area contributed by atoms with Crippen LogP contribution in [0.15, 0.2) is 30.5 Å². The summed E-state index contributed by atoms with van der Waals surface area (Å²) in [7, 11) is 0. The van der Waals surface area contributed by atoms with Crippen molar-refractivity contribution < 1.29 is 0 Å². The second-order valence-corrected chi connectivity index (χ2v) is 7.58. The van der Waals surface area contributed by atoms with Crippen molar-refractivity contribution in [1.82, 2.24) is 9.88 Å². The molecule has 0 saturated carbocycles. The summed E-state index contributed by atoms with van der Waals surface area (Å²) in [5, 5.41) is 12.6. The Labute approximate surface area is 140 Å². The maximum atomic E-state index is 8.93. The molecule has 3 saturated heterocycles. The first-order valence-electron chi connectivity index (χ1n) is 8.21. The lowest BCUT2D eigenvalue weighted by Gasteiger charge is -2.50. The summed E-state index contributed by atoms with van der Waals surface area (Å²) >= 11 is 1.51. The van der Waals surface area contributed by atoms with E-state index in [0.717, 1.165) is 27.1 Å². The number of rotatable bonds is 3. The van der Waals surface area contributed by atoms with Gasteiger partial charge in [-0.3, -0.25) is 4.90 Å². The van der Waals surface area contributed by atoms with Gasteiger partial charge in [-0.2, -0.15) is 5.26 Å². The summed E-state index contributed by atoms with van der Waals surface area (Å²) in [4.78, 5) is 9.01. The van der Waals surface area contributed by atoms with Crippen molar-refractivity contribution in [3.63, 3.8) is 0 Å². The molecule has 2 unspecified atom stereocenters. The molecule has 0 spiro atoms. The van der Waals surface area contributed by atoms with Gasteiger partial charge in [-0.15, -0.1) is 11.3 Å². The van der Waals surface area contributed by atoms with Crippen LogP contribution < -0.4 is 5.32 Å². The summed E-state index contributed by atoms with van der Waals surface area (Å²) in [5.41, 5.74) is 1.07. The van der Waals surface area contributed by atoms with Crippen LogP contribution in [0.3, 0.4) is 0 Å². The molecular weight excluding hydrogens is 304 g/mol. The standard InChI is InChI=1S/C18H20N4S/c1-12-18(13-6-8-22(12)9-7-13)21-17-5-2-14(11-20-17)16-4-3-15(10-19)23-16/h2-5,11-13,18H,6-9H2,1H3,(H,20,21). The van der Waals surface area contributed by atoms with Crippen LogP contribution in [0.25, 0.3) is 10.4 Å². The summed E-state index contributed by atoms with van der Waals surface area (Å²) in [5.74, 6) is 1.73. The molecular formula is C18H20N4S. The largest absolute Gasteiger partial charge is 0.365 e. The molecule has 0 aliphatic carbocycles. The number of thiophene rings is 1. The van der Waals surface area contributed by atoms with E-state index in [0.29, 0.717) is 12.1 Å². The van der Waals surface area contributed by atoms with Crippen LogP contribution in [0, 0.1) is 17.2 Å². The summed E-state index contributed by atoms with van der Waals surface area (Å²) in [6.45, 7) is 4.82. The third-order valence-electron chi connectivity index (χ3n) is 5.26. The number of fused-ring (bicyclic) bond motifs is 3. The monoisotopic (exact) mass is 324 g/mol. The molecule has 5 heteroatoms. The Balaban J connectivity index is 1.49. The summed E-state index contributed by atoms with van der Waals surface area (Å²) < 4.78 is 0. The number of pyridine rings is 1. The number of hydrogen-bond donors (Lipinski definition) is 1. The van der Waals surface area contributed by atoms with Gasteiger partial charge in [0.25, 0.3) is 0 Å². The van der Waals surface area contributed by atoms with E-state index >= 15 is 0 Å². The Morgan fingerprint density at radius 2 is 2.09 bits per heavy atom. The molecule has 4 nitrogen and oxygen atoms in total. The molecule has 0 radical (unpaired) electrons. The lowest BCUT2D eigenvalue weighted by molar-refractivity contribution is 0.0457. The topological polar surface area (TPSA) is 52.0 Å². The minimum Gasteiger partial charge on any atom is -0.365 e. The highest BCUT2D eigenvalue weighted by atomic mass is 32.1. The van der Waals surface area contributed by atoms with Gasteiger partial charge in [0.15, 0.2) is 0 Å². The van der Waals surface area contributed by atoms with Crippen LogP contribution >= 0.6 is 11.3 Å². The van der Waals surface area contributed by atoms with Gasteiger partial charge in [0.1, 0.15) is 16.8 Å². The molecule has 23 heavy (non-hydrogen) atoms. The molecule has 118 valence electrons. The molecule has 2 aromatic rings. The first kappa shape index (κ1) is 14.7. The number of nitriles is 1. The number of nitrogens with zero attached hydrogens (tertiary/aromatic N) is 3. The van der Waals surface area contributed by atoms with Gasteiger partial charge in [-0.05, 0) is 63.0 Å². The third kappa shape index (κ3) is 2.73. The van der Waals surface area contributed by atoms with E-state index in [4.69, 9.17) is 5.26 Å². The first-order valence-corrected chi connectivity index (χ1v) is 9.03. The lowest BCUT2D eigenvalue weighted by Crippen LogP contribution is -2.59.